The van der Waals surface area contributed by atoms with Crippen LogP contribution in [0.25, 0.3) is 0 Å². The van der Waals surface area contributed by atoms with E-state index in [0.29, 0.717) is 17.9 Å². The fourth-order valence-corrected chi connectivity index (χ4v) is 2.76. The number of benzene rings is 2. The monoisotopic (exact) mass is 351 g/mol. The van der Waals surface area contributed by atoms with Crippen LogP contribution in [0.15, 0.2) is 53.5 Å². The Bertz CT molecular complexity index is 844. The Balaban J connectivity index is 1.82. The number of hydrogen-bond acceptors (Lipinski definition) is 4. The van der Waals surface area contributed by atoms with E-state index in [4.69, 9.17) is 4.74 Å². The third-order valence-corrected chi connectivity index (χ3v) is 4.05. The van der Waals surface area contributed by atoms with Crippen molar-refractivity contribution in [2.24, 2.45) is 4.99 Å². The highest BCUT2D eigenvalue weighted by molar-refractivity contribution is 6.10. The van der Waals surface area contributed by atoms with Gasteiger partial charge in [-0.2, -0.15) is 0 Å². The van der Waals surface area contributed by atoms with Gasteiger partial charge in [0.15, 0.2) is 0 Å². The van der Waals surface area contributed by atoms with Gasteiger partial charge < -0.3 is 4.74 Å². The third kappa shape index (κ3) is 4.08. The summed E-state index contributed by atoms with van der Waals surface area (Å²) in [5, 5.41) is 5.29. The lowest BCUT2D eigenvalue weighted by Gasteiger charge is -2.23. The molecule has 0 aliphatic carbocycles. The van der Waals surface area contributed by atoms with Crippen LogP contribution in [0.3, 0.4) is 0 Å². The van der Waals surface area contributed by atoms with Gasteiger partial charge >= 0.3 is 0 Å². The summed E-state index contributed by atoms with van der Waals surface area (Å²) in [6, 6.07) is 14.3. The molecule has 2 aromatic rings. The van der Waals surface area contributed by atoms with Gasteiger partial charge in [0.05, 0.1) is 19.1 Å². The molecular formula is C20H21N3O3. The molecule has 1 heterocycles. The van der Waals surface area contributed by atoms with E-state index in [1.807, 2.05) is 50.2 Å². The number of nitrogens with zero attached hydrogens (tertiary/aromatic N) is 1. The molecule has 1 atom stereocenters. The highest BCUT2D eigenvalue weighted by Gasteiger charge is 2.25. The van der Waals surface area contributed by atoms with Crippen molar-refractivity contribution in [2.45, 2.75) is 26.3 Å². The number of carbonyl (C=O) groups is 2. The van der Waals surface area contributed by atoms with E-state index in [0.717, 1.165) is 11.1 Å². The molecule has 0 aromatic heterocycles. The number of guanidine groups is 1. The molecule has 1 aliphatic rings. The summed E-state index contributed by atoms with van der Waals surface area (Å²) in [4.78, 5) is 29.0. The molecule has 134 valence electrons. The Morgan fingerprint density at radius 1 is 1.23 bits per heavy atom. The van der Waals surface area contributed by atoms with E-state index in [2.05, 4.69) is 15.6 Å². The molecule has 1 aliphatic heterocycles. The second-order valence-electron chi connectivity index (χ2n) is 6.04. The Morgan fingerprint density at radius 3 is 2.69 bits per heavy atom. The number of amides is 2. The Labute approximate surface area is 152 Å². The van der Waals surface area contributed by atoms with Gasteiger partial charge in [0, 0.05) is 11.1 Å². The second kappa shape index (κ2) is 7.82. The zero-order chi connectivity index (χ0) is 18.5. The van der Waals surface area contributed by atoms with Crippen molar-refractivity contribution in [2.75, 3.05) is 6.61 Å². The van der Waals surface area contributed by atoms with Gasteiger partial charge in [-0.05, 0) is 32.0 Å². The van der Waals surface area contributed by atoms with Gasteiger partial charge in [-0.3, -0.25) is 20.2 Å². The van der Waals surface area contributed by atoms with Crippen LogP contribution < -0.4 is 15.4 Å². The van der Waals surface area contributed by atoms with Crippen LogP contribution in [0.2, 0.25) is 0 Å². The fraction of sp³-hybridized carbons (Fsp3) is 0.250. The number of ether oxygens (including phenoxy) is 1. The molecule has 6 heteroatoms. The summed E-state index contributed by atoms with van der Waals surface area (Å²) in [5.74, 6) is 0.337. The zero-order valence-corrected chi connectivity index (χ0v) is 14.8. The molecule has 6 nitrogen and oxygen atoms in total. The van der Waals surface area contributed by atoms with Crippen molar-refractivity contribution in [1.29, 1.82) is 0 Å². The van der Waals surface area contributed by atoms with Gasteiger partial charge in [-0.1, -0.05) is 35.9 Å². The summed E-state index contributed by atoms with van der Waals surface area (Å²) in [7, 11) is 0. The lowest BCUT2D eigenvalue weighted by Crippen LogP contribution is -2.47. The van der Waals surface area contributed by atoms with Crippen molar-refractivity contribution >= 4 is 17.8 Å². The average Bonchev–Trinajstić information content (AvgIpc) is 2.62. The molecule has 3 rings (SSSR count). The molecule has 2 amide bonds. The molecule has 0 saturated heterocycles. The molecule has 2 N–H and O–H groups in total. The second-order valence-corrected chi connectivity index (χ2v) is 6.04. The topological polar surface area (TPSA) is 79.8 Å². The third-order valence-electron chi connectivity index (χ3n) is 4.05. The normalized spacial score (nSPS) is 16.5. The minimum Gasteiger partial charge on any atom is -0.494 e. The molecule has 0 unspecified atom stereocenters. The summed E-state index contributed by atoms with van der Waals surface area (Å²) < 4.78 is 5.63. The molecule has 0 spiro atoms. The van der Waals surface area contributed by atoms with Crippen LogP contribution in [0.1, 0.15) is 40.9 Å². The average molecular weight is 351 g/mol. The van der Waals surface area contributed by atoms with Gasteiger partial charge in [-0.15, -0.1) is 0 Å². The number of carbonyl (C=O) groups excluding carboxylic acids is 2. The first-order chi connectivity index (χ1) is 12.6. The minimum absolute atomic E-state index is 0.156. The maximum absolute atomic E-state index is 12.4. The molecule has 0 fully saturated rings. The fourth-order valence-electron chi connectivity index (χ4n) is 2.76. The van der Waals surface area contributed by atoms with Crippen molar-refractivity contribution in [3.05, 3.63) is 65.2 Å². The van der Waals surface area contributed by atoms with Gasteiger partial charge in [0.1, 0.15) is 5.75 Å². The number of aryl methyl sites for hydroxylation is 1. The van der Waals surface area contributed by atoms with Crippen molar-refractivity contribution in [3.8, 4) is 5.75 Å². The predicted molar refractivity (Wildman–Crippen MR) is 99.2 cm³/mol. The van der Waals surface area contributed by atoms with Crippen LogP contribution in [-0.2, 0) is 4.79 Å². The molecule has 0 bridgehead atoms. The number of hydrogen-bond donors (Lipinski definition) is 2. The van der Waals surface area contributed by atoms with Crippen LogP contribution in [0.5, 0.6) is 5.75 Å². The first-order valence-electron chi connectivity index (χ1n) is 8.54. The molecule has 0 saturated carbocycles. The Kier molecular flexibility index (Phi) is 5.31. The van der Waals surface area contributed by atoms with Crippen LogP contribution in [0, 0.1) is 6.92 Å². The van der Waals surface area contributed by atoms with E-state index in [-0.39, 0.29) is 24.2 Å². The summed E-state index contributed by atoms with van der Waals surface area (Å²) >= 11 is 0. The summed E-state index contributed by atoms with van der Waals surface area (Å²) in [6.07, 6.45) is 0.202. The smallest absolute Gasteiger partial charge is 0.257 e. The quantitative estimate of drug-likeness (QED) is 0.889. The Morgan fingerprint density at radius 2 is 1.96 bits per heavy atom. The number of rotatable bonds is 4. The Hall–Kier alpha value is -3.15. The maximum atomic E-state index is 12.4. The van der Waals surface area contributed by atoms with Crippen molar-refractivity contribution in [3.63, 3.8) is 0 Å². The highest BCUT2D eigenvalue weighted by Crippen LogP contribution is 2.31. The highest BCUT2D eigenvalue weighted by atomic mass is 16.5. The minimum atomic E-state index is -0.403. The first kappa shape index (κ1) is 17.7. The first-order valence-corrected chi connectivity index (χ1v) is 8.54. The number of para-hydroxylation sites is 1. The number of nitrogens with one attached hydrogen (secondary N) is 2. The summed E-state index contributed by atoms with van der Waals surface area (Å²) in [6.45, 7) is 4.38. The van der Waals surface area contributed by atoms with E-state index in [1.165, 1.54) is 0 Å². The van der Waals surface area contributed by atoms with Gasteiger partial charge in [-0.25, -0.2) is 4.99 Å². The van der Waals surface area contributed by atoms with Crippen molar-refractivity contribution in [1.82, 2.24) is 10.6 Å². The van der Waals surface area contributed by atoms with Crippen LogP contribution >= 0.6 is 0 Å². The largest absolute Gasteiger partial charge is 0.494 e. The van der Waals surface area contributed by atoms with Crippen LogP contribution in [-0.4, -0.2) is 24.4 Å². The lowest BCUT2D eigenvalue weighted by molar-refractivity contribution is -0.120. The van der Waals surface area contributed by atoms with E-state index in [9.17, 15) is 9.59 Å². The standard InChI is InChI=1S/C20H21N3O3/c1-3-26-17-7-5-4-6-15(17)16-12-18(24)22-20(21-16)23-19(25)14-10-8-13(2)9-11-14/h4-11,16H,3,12H2,1-2H3,(H2,21,22,23,24,25)/t16-/m0/s1. The van der Waals surface area contributed by atoms with Gasteiger partial charge in [0.2, 0.25) is 11.9 Å². The molecule has 0 radical (unpaired) electrons. The van der Waals surface area contributed by atoms with E-state index >= 15 is 0 Å². The maximum Gasteiger partial charge on any atom is 0.257 e. The van der Waals surface area contributed by atoms with E-state index < -0.39 is 6.04 Å². The SMILES string of the molecule is CCOc1ccccc1[C@@H]1CC(=O)NC(NC(=O)c2ccc(C)cc2)=N1. The van der Waals surface area contributed by atoms with Crippen molar-refractivity contribution < 1.29 is 14.3 Å². The molecule has 2 aromatic carbocycles. The number of aliphatic imine (C=N–C) groups is 1. The summed E-state index contributed by atoms with van der Waals surface area (Å²) in [5.41, 5.74) is 2.40. The molecule has 26 heavy (non-hydrogen) atoms. The van der Waals surface area contributed by atoms with E-state index in [1.54, 1.807) is 12.1 Å². The van der Waals surface area contributed by atoms with Crippen LogP contribution in [0.4, 0.5) is 0 Å². The predicted octanol–water partition coefficient (Wildman–Crippen LogP) is 2.74. The van der Waals surface area contributed by atoms with Gasteiger partial charge in [0.25, 0.3) is 5.91 Å². The molecular weight excluding hydrogens is 330 g/mol. The zero-order valence-electron chi connectivity index (χ0n) is 14.8. The lowest BCUT2D eigenvalue weighted by atomic mass is 10.0.